The summed E-state index contributed by atoms with van der Waals surface area (Å²) in [6.45, 7) is 0. The second kappa shape index (κ2) is 7.25. The quantitative estimate of drug-likeness (QED) is 0.662. The first-order valence-corrected chi connectivity index (χ1v) is 10.7. The Morgan fingerprint density at radius 3 is 2.55 bits per heavy atom. The Labute approximate surface area is 168 Å². The van der Waals surface area contributed by atoms with Crippen LogP contribution in [0.25, 0.3) is 0 Å². The second-order valence-corrected chi connectivity index (χ2v) is 8.52. The number of rotatable bonds is 5. The Hall–Kier alpha value is -3.33. The number of sulfonamides is 1. The minimum atomic E-state index is -3.40. The number of hydrogen-bond donors (Lipinski definition) is 2. The average molecular weight is 412 g/mol. The largest absolute Gasteiger partial charge is 0.497 e. The Bertz CT molecular complexity index is 1150. The summed E-state index contributed by atoms with van der Waals surface area (Å²) in [5.74, 6) is 1.25. The van der Waals surface area contributed by atoms with E-state index in [0.717, 1.165) is 23.1 Å². The van der Waals surface area contributed by atoms with Crippen molar-refractivity contribution in [2.75, 3.05) is 23.8 Å². The minimum Gasteiger partial charge on any atom is -0.497 e. The highest BCUT2D eigenvalue weighted by molar-refractivity contribution is 7.92. The zero-order valence-electron chi connectivity index (χ0n) is 15.9. The molecular formula is C20H20N4O4S. The highest BCUT2D eigenvalue weighted by Gasteiger charge is 2.40. The number of fused-ring (bicyclic) bond motifs is 1. The van der Waals surface area contributed by atoms with Crippen LogP contribution in [0, 0.1) is 0 Å². The van der Waals surface area contributed by atoms with Gasteiger partial charge < -0.3 is 15.2 Å². The van der Waals surface area contributed by atoms with Crippen LogP contribution in [-0.2, 0) is 10.0 Å². The normalized spacial score (nSPS) is 18.0. The predicted octanol–water partition coefficient (Wildman–Crippen LogP) is 2.70. The fourth-order valence-electron chi connectivity index (χ4n) is 3.52. The summed E-state index contributed by atoms with van der Waals surface area (Å²) in [7, 11) is -1.79. The topological polar surface area (TPSA) is 116 Å². The number of aromatic nitrogens is 2. The molecule has 0 spiro atoms. The van der Waals surface area contributed by atoms with E-state index < -0.39 is 16.1 Å². The summed E-state index contributed by atoms with van der Waals surface area (Å²) >= 11 is 0. The fraction of sp³-hybridized carbons (Fsp3) is 0.200. The van der Waals surface area contributed by atoms with Crippen molar-refractivity contribution in [3.8, 4) is 11.6 Å². The molecule has 0 fully saturated rings. The first-order valence-electron chi connectivity index (χ1n) is 8.84. The number of nitrogens with two attached hydrogens (primary N) is 1. The molecule has 0 bridgehead atoms. The summed E-state index contributed by atoms with van der Waals surface area (Å²) in [4.78, 5) is 8.36. The van der Waals surface area contributed by atoms with Gasteiger partial charge >= 0.3 is 0 Å². The van der Waals surface area contributed by atoms with Crippen LogP contribution in [0.1, 0.15) is 28.7 Å². The van der Waals surface area contributed by atoms with Gasteiger partial charge in [0.15, 0.2) is 0 Å². The molecule has 2 atom stereocenters. The van der Waals surface area contributed by atoms with Gasteiger partial charge in [-0.3, -0.25) is 4.72 Å². The second-order valence-electron chi connectivity index (χ2n) is 6.77. The van der Waals surface area contributed by atoms with Crippen molar-refractivity contribution in [2.45, 2.75) is 12.0 Å². The van der Waals surface area contributed by atoms with Gasteiger partial charge in [0.2, 0.25) is 15.9 Å². The molecule has 150 valence electrons. The van der Waals surface area contributed by atoms with E-state index in [2.05, 4.69) is 14.7 Å². The van der Waals surface area contributed by atoms with Gasteiger partial charge in [0, 0.05) is 5.69 Å². The lowest BCUT2D eigenvalue weighted by atomic mass is 9.85. The van der Waals surface area contributed by atoms with E-state index in [0.29, 0.717) is 22.9 Å². The Balaban J connectivity index is 1.80. The molecule has 9 heteroatoms. The van der Waals surface area contributed by atoms with E-state index >= 15 is 0 Å². The molecule has 2 unspecified atom stereocenters. The van der Waals surface area contributed by atoms with Crippen molar-refractivity contribution in [1.82, 2.24) is 9.97 Å². The number of methoxy groups -OCH3 is 1. The van der Waals surface area contributed by atoms with Gasteiger partial charge in [-0.1, -0.05) is 24.3 Å². The number of ether oxygens (including phenoxy) is 2. The lowest BCUT2D eigenvalue weighted by molar-refractivity contribution is 0.215. The van der Waals surface area contributed by atoms with E-state index in [1.54, 1.807) is 25.3 Å². The van der Waals surface area contributed by atoms with E-state index in [-0.39, 0.29) is 5.92 Å². The van der Waals surface area contributed by atoms with Crippen LogP contribution >= 0.6 is 0 Å². The number of nitrogens with zero attached hydrogens (tertiary/aromatic N) is 2. The molecule has 0 radical (unpaired) electrons. The van der Waals surface area contributed by atoms with Gasteiger partial charge in [-0.15, -0.1) is 0 Å². The lowest BCUT2D eigenvalue weighted by Gasteiger charge is -2.21. The molecule has 1 aliphatic rings. The lowest BCUT2D eigenvalue weighted by Crippen LogP contribution is -2.14. The number of nitrogens with one attached hydrogen (secondary N) is 1. The molecular weight excluding hydrogens is 392 g/mol. The average Bonchev–Trinajstić information content (AvgIpc) is 3.08. The van der Waals surface area contributed by atoms with Gasteiger partial charge in [-0.25, -0.2) is 18.4 Å². The zero-order valence-corrected chi connectivity index (χ0v) is 16.7. The molecule has 3 aromatic rings. The molecule has 1 aliphatic heterocycles. The third-order valence-corrected chi connectivity index (χ3v) is 5.33. The summed E-state index contributed by atoms with van der Waals surface area (Å²) < 4.78 is 37.1. The molecule has 4 rings (SSSR count). The van der Waals surface area contributed by atoms with Crippen LogP contribution in [0.5, 0.6) is 11.6 Å². The van der Waals surface area contributed by atoms with Crippen molar-refractivity contribution >= 4 is 21.5 Å². The third-order valence-electron chi connectivity index (χ3n) is 4.72. The molecule has 8 nitrogen and oxygen atoms in total. The molecule has 2 heterocycles. The summed E-state index contributed by atoms with van der Waals surface area (Å²) in [6, 6.07) is 14.7. The maximum atomic E-state index is 11.6. The van der Waals surface area contributed by atoms with Crippen molar-refractivity contribution in [3.05, 3.63) is 71.5 Å². The summed E-state index contributed by atoms with van der Waals surface area (Å²) in [5.41, 5.74) is 9.07. The van der Waals surface area contributed by atoms with Crippen molar-refractivity contribution in [1.29, 1.82) is 0 Å². The number of benzene rings is 2. The molecule has 0 amide bonds. The van der Waals surface area contributed by atoms with E-state index in [1.165, 1.54) is 6.33 Å². The van der Waals surface area contributed by atoms with Crippen LogP contribution < -0.4 is 19.9 Å². The van der Waals surface area contributed by atoms with Crippen LogP contribution in [0.4, 0.5) is 11.5 Å². The van der Waals surface area contributed by atoms with E-state index in [9.17, 15) is 8.42 Å². The molecule has 0 aliphatic carbocycles. The first-order chi connectivity index (χ1) is 13.9. The SMILES string of the molecule is COc1ccc(C2c3c(N)ncnc3OC2c2cccc(NS(C)(=O)=O)c2)cc1. The van der Waals surface area contributed by atoms with Crippen molar-refractivity contribution < 1.29 is 17.9 Å². The highest BCUT2D eigenvalue weighted by Crippen LogP contribution is 2.50. The zero-order chi connectivity index (χ0) is 20.6. The molecule has 3 N–H and O–H groups in total. The van der Waals surface area contributed by atoms with Crippen molar-refractivity contribution in [2.24, 2.45) is 0 Å². The van der Waals surface area contributed by atoms with Gasteiger partial charge in [-0.05, 0) is 35.4 Å². The van der Waals surface area contributed by atoms with Crippen LogP contribution in [-0.4, -0.2) is 31.8 Å². The molecule has 1 aromatic heterocycles. The molecule has 29 heavy (non-hydrogen) atoms. The standard InChI is InChI=1S/C20H20N4O4S/c1-27-15-8-6-12(7-9-15)16-17-19(21)22-11-23-20(17)28-18(16)13-4-3-5-14(10-13)24-29(2,25)26/h3-11,16,18,24H,1-2H3,(H2,21,22,23). The smallest absolute Gasteiger partial charge is 0.229 e. The highest BCUT2D eigenvalue weighted by atomic mass is 32.2. The monoisotopic (exact) mass is 412 g/mol. The Morgan fingerprint density at radius 1 is 1.10 bits per heavy atom. The van der Waals surface area contributed by atoms with Gasteiger partial charge in [0.25, 0.3) is 0 Å². The molecule has 0 saturated heterocycles. The predicted molar refractivity (Wildman–Crippen MR) is 110 cm³/mol. The summed E-state index contributed by atoms with van der Waals surface area (Å²) in [6.07, 6.45) is 2.03. The molecule has 0 saturated carbocycles. The van der Waals surface area contributed by atoms with Crippen molar-refractivity contribution in [3.63, 3.8) is 0 Å². The number of nitrogen functional groups attached to an aromatic ring is 1. The third kappa shape index (κ3) is 3.81. The van der Waals surface area contributed by atoms with Crippen LogP contribution in [0.3, 0.4) is 0 Å². The Kier molecular flexibility index (Phi) is 4.75. The number of hydrogen-bond acceptors (Lipinski definition) is 7. The fourth-order valence-corrected chi connectivity index (χ4v) is 4.08. The van der Waals surface area contributed by atoms with E-state index in [4.69, 9.17) is 15.2 Å². The maximum Gasteiger partial charge on any atom is 0.229 e. The van der Waals surface area contributed by atoms with Gasteiger partial charge in [-0.2, -0.15) is 0 Å². The minimum absolute atomic E-state index is 0.259. The van der Waals surface area contributed by atoms with Gasteiger partial charge in [0.05, 0.1) is 24.8 Å². The molecule has 2 aromatic carbocycles. The number of anilines is 2. The van der Waals surface area contributed by atoms with E-state index in [1.807, 2.05) is 30.3 Å². The van der Waals surface area contributed by atoms with Crippen LogP contribution in [0.15, 0.2) is 54.9 Å². The maximum absolute atomic E-state index is 11.6. The summed E-state index contributed by atoms with van der Waals surface area (Å²) in [5, 5.41) is 0. The van der Waals surface area contributed by atoms with Crippen LogP contribution in [0.2, 0.25) is 0 Å². The van der Waals surface area contributed by atoms with Gasteiger partial charge in [0.1, 0.15) is 24.0 Å². The Morgan fingerprint density at radius 2 is 1.86 bits per heavy atom. The first kappa shape index (κ1) is 19.0.